The molecule has 0 aliphatic carbocycles. The SMILES string of the molecule is CCCCCCC(CCCC)COC(=O)CCCCCCCOCC(COCCOCc1ccccc1)OCCCCCCCC(=O)OCC(CCCCC)CCCCC. The van der Waals surface area contributed by atoms with E-state index in [0.29, 0.717) is 84.1 Å². The van der Waals surface area contributed by atoms with Crippen molar-refractivity contribution >= 4 is 11.9 Å². The summed E-state index contributed by atoms with van der Waals surface area (Å²) in [7, 11) is 0. The third kappa shape index (κ3) is 36.6. The summed E-state index contributed by atoms with van der Waals surface area (Å²) >= 11 is 0. The zero-order chi connectivity index (χ0) is 43.4. The maximum absolute atomic E-state index is 12.4. The lowest BCUT2D eigenvalue weighted by Gasteiger charge is -2.18. The highest BCUT2D eigenvalue weighted by Gasteiger charge is 2.14. The van der Waals surface area contributed by atoms with Gasteiger partial charge in [0.2, 0.25) is 0 Å². The first-order valence-corrected chi connectivity index (χ1v) is 25.2. The van der Waals surface area contributed by atoms with E-state index in [2.05, 4.69) is 39.8 Å². The van der Waals surface area contributed by atoms with Crippen LogP contribution < -0.4 is 0 Å². The highest BCUT2D eigenvalue weighted by molar-refractivity contribution is 5.69. The van der Waals surface area contributed by atoms with Gasteiger partial charge in [-0.15, -0.1) is 0 Å². The van der Waals surface area contributed by atoms with Crippen molar-refractivity contribution in [3.05, 3.63) is 35.9 Å². The van der Waals surface area contributed by atoms with Crippen LogP contribution in [-0.2, 0) is 44.6 Å². The highest BCUT2D eigenvalue weighted by atomic mass is 16.6. The van der Waals surface area contributed by atoms with E-state index < -0.39 is 0 Å². The number of hydrogen-bond donors (Lipinski definition) is 0. The van der Waals surface area contributed by atoms with Crippen LogP contribution in [0.2, 0.25) is 0 Å². The van der Waals surface area contributed by atoms with Crippen molar-refractivity contribution in [1.82, 2.24) is 0 Å². The van der Waals surface area contributed by atoms with Crippen LogP contribution >= 0.6 is 0 Å². The summed E-state index contributed by atoms with van der Waals surface area (Å²) in [6.07, 6.45) is 30.8. The Labute approximate surface area is 369 Å². The van der Waals surface area contributed by atoms with E-state index in [1.165, 1.54) is 103 Å². The molecule has 0 aliphatic rings. The number of esters is 2. The normalized spacial score (nSPS) is 12.6. The zero-order valence-corrected chi connectivity index (χ0v) is 39.5. The minimum Gasteiger partial charge on any atom is -0.465 e. The van der Waals surface area contributed by atoms with E-state index in [-0.39, 0.29) is 18.0 Å². The summed E-state index contributed by atoms with van der Waals surface area (Å²) in [5, 5.41) is 0. The Morgan fingerprint density at radius 2 is 0.867 bits per heavy atom. The van der Waals surface area contributed by atoms with Crippen LogP contribution in [0.1, 0.15) is 213 Å². The Bertz CT molecular complexity index is 1040. The molecule has 0 N–H and O–H groups in total. The molecule has 0 fully saturated rings. The Kier molecular flexibility index (Phi) is 40.7. The van der Waals surface area contributed by atoms with E-state index in [4.69, 9.17) is 28.4 Å². The second-order valence-electron chi connectivity index (χ2n) is 17.3. The van der Waals surface area contributed by atoms with Gasteiger partial charge < -0.3 is 28.4 Å². The third-order valence-corrected chi connectivity index (χ3v) is 11.5. The second-order valence-corrected chi connectivity index (χ2v) is 17.3. The monoisotopic (exact) mass is 847 g/mol. The average Bonchev–Trinajstić information content (AvgIpc) is 3.26. The molecule has 1 aromatic rings. The summed E-state index contributed by atoms with van der Waals surface area (Å²) in [5.74, 6) is 0.970. The predicted molar refractivity (Wildman–Crippen MR) is 248 cm³/mol. The first-order chi connectivity index (χ1) is 29.5. The number of rotatable bonds is 46. The molecule has 8 heteroatoms. The first kappa shape index (κ1) is 56.0. The summed E-state index contributed by atoms with van der Waals surface area (Å²) < 4.78 is 35.5. The summed E-state index contributed by atoms with van der Waals surface area (Å²) in [5.41, 5.74) is 1.16. The van der Waals surface area contributed by atoms with Crippen LogP contribution in [0, 0.1) is 11.8 Å². The number of unbranched alkanes of at least 4 members (excludes halogenated alkanes) is 16. The standard InChI is InChI=1S/C52H94O8/c1-5-9-13-23-35-48(30-12-8-4)43-59-51(53)36-26-16-14-18-28-38-55-45-50(46-57-41-40-56-42-47-33-24-20-25-34-47)58-39-29-19-15-17-27-37-52(54)60-44-49(31-21-10-6-2)32-22-11-7-3/h20,24-25,33-34,48-50H,5-19,21-23,26-32,35-46H2,1-4H3. The van der Waals surface area contributed by atoms with Gasteiger partial charge in [0.15, 0.2) is 0 Å². The maximum atomic E-state index is 12.4. The fourth-order valence-electron chi connectivity index (χ4n) is 7.52. The van der Waals surface area contributed by atoms with Gasteiger partial charge in [0.1, 0.15) is 6.10 Å². The van der Waals surface area contributed by atoms with Gasteiger partial charge in [0, 0.05) is 26.1 Å². The van der Waals surface area contributed by atoms with Gasteiger partial charge in [0.25, 0.3) is 0 Å². The fraction of sp³-hybridized carbons (Fsp3) is 0.846. The second kappa shape index (κ2) is 43.6. The van der Waals surface area contributed by atoms with Crippen LogP contribution in [0.4, 0.5) is 0 Å². The van der Waals surface area contributed by atoms with Crippen molar-refractivity contribution in [3.63, 3.8) is 0 Å². The molecule has 0 aromatic heterocycles. The van der Waals surface area contributed by atoms with E-state index >= 15 is 0 Å². The lowest BCUT2D eigenvalue weighted by atomic mass is 9.96. The zero-order valence-electron chi connectivity index (χ0n) is 39.5. The lowest BCUT2D eigenvalue weighted by molar-refractivity contribution is -0.146. The van der Waals surface area contributed by atoms with Crippen molar-refractivity contribution in [1.29, 1.82) is 0 Å². The molecule has 0 radical (unpaired) electrons. The molecule has 8 nitrogen and oxygen atoms in total. The van der Waals surface area contributed by atoms with Gasteiger partial charge in [-0.05, 0) is 68.8 Å². The van der Waals surface area contributed by atoms with Crippen LogP contribution in [0.15, 0.2) is 30.3 Å². The number of carbonyl (C=O) groups is 2. The van der Waals surface area contributed by atoms with Crippen molar-refractivity contribution in [2.75, 3.05) is 52.9 Å². The topological polar surface area (TPSA) is 89.5 Å². The Morgan fingerprint density at radius 3 is 1.43 bits per heavy atom. The maximum Gasteiger partial charge on any atom is 0.305 e. The van der Waals surface area contributed by atoms with Gasteiger partial charge in [0.05, 0.1) is 46.2 Å². The molecule has 1 rings (SSSR count). The molecular formula is C52H94O8. The molecule has 0 bridgehead atoms. The molecule has 0 heterocycles. The highest BCUT2D eigenvalue weighted by Crippen LogP contribution is 2.20. The van der Waals surface area contributed by atoms with E-state index in [1.54, 1.807) is 0 Å². The molecule has 0 saturated carbocycles. The van der Waals surface area contributed by atoms with Crippen LogP contribution in [-0.4, -0.2) is 70.9 Å². The van der Waals surface area contributed by atoms with Gasteiger partial charge in [-0.2, -0.15) is 0 Å². The molecule has 60 heavy (non-hydrogen) atoms. The van der Waals surface area contributed by atoms with Crippen molar-refractivity contribution in [3.8, 4) is 0 Å². The molecule has 0 saturated heterocycles. The van der Waals surface area contributed by atoms with Gasteiger partial charge in [-0.25, -0.2) is 0 Å². The summed E-state index contributed by atoms with van der Waals surface area (Å²) in [6.45, 7) is 14.1. The smallest absolute Gasteiger partial charge is 0.305 e. The third-order valence-electron chi connectivity index (χ3n) is 11.5. The molecule has 2 atom stereocenters. The van der Waals surface area contributed by atoms with Gasteiger partial charge >= 0.3 is 11.9 Å². The molecule has 1 aromatic carbocycles. The Morgan fingerprint density at radius 1 is 0.433 bits per heavy atom. The molecule has 0 spiro atoms. The number of benzene rings is 1. The van der Waals surface area contributed by atoms with Crippen molar-refractivity contribution < 1.29 is 38.0 Å². The summed E-state index contributed by atoms with van der Waals surface area (Å²) in [4.78, 5) is 24.8. The fourth-order valence-corrected chi connectivity index (χ4v) is 7.52. The molecule has 0 aliphatic heterocycles. The number of hydrogen-bond acceptors (Lipinski definition) is 8. The van der Waals surface area contributed by atoms with E-state index in [1.807, 2.05) is 18.2 Å². The van der Waals surface area contributed by atoms with E-state index in [9.17, 15) is 9.59 Å². The van der Waals surface area contributed by atoms with Crippen LogP contribution in [0.5, 0.6) is 0 Å². The number of carbonyl (C=O) groups excluding carboxylic acids is 2. The number of ether oxygens (including phenoxy) is 6. The quantitative estimate of drug-likeness (QED) is 0.0473. The predicted octanol–water partition coefficient (Wildman–Crippen LogP) is 13.9. The van der Waals surface area contributed by atoms with Gasteiger partial charge in [-0.1, -0.05) is 174 Å². The van der Waals surface area contributed by atoms with Crippen molar-refractivity contribution in [2.45, 2.75) is 220 Å². The average molecular weight is 847 g/mol. The van der Waals surface area contributed by atoms with E-state index in [0.717, 1.165) is 69.8 Å². The molecule has 0 amide bonds. The molecule has 2 unspecified atom stereocenters. The van der Waals surface area contributed by atoms with Crippen LogP contribution in [0.25, 0.3) is 0 Å². The van der Waals surface area contributed by atoms with Gasteiger partial charge in [-0.3, -0.25) is 9.59 Å². The molecule has 350 valence electrons. The Hall–Kier alpha value is -2.00. The van der Waals surface area contributed by atoms with Crippen LogP contribution in [0.3, 0.4) is 0 Å². The first-order valence-electron chi connectivity index (χ1n) is 25.2. The lowest BCUT2D eigenvalue weighted by Crippen LogP contribution is -2.27. The Balaban J connectivity index is 2.26. The largest absolute Gasteiger partial charge is 0.465 e. The summed E-state index contributed by atoms with van der Waals surface area (Å²) in [6, 6.07) is 10.2. The minimum absolute atomic E-state index is 0.0314. The molecular weight excluding hydrogens is 753 g/mol. The van der Waals surface area contributed by atoms with Crippen molar-refractivity contribution in [2.24, 2.45) is 11.8 Å². The minimum atomic E-state index is -0.120.